The third-order valence-corrected chi connectivity index (χ3v) is 5.08. The Hall–Kier alpha value is -2.27. The summed E-state index contributed by atoms with van der Waals surface area (Å²) < 4.78 is 13.1. The van der Waals surface area contributed by atoms with E-state index in [0.717, 1.165) is 54.9 Å². The molecule has 130 valence electrons. The standard InChI is InChI=1S/C20H23FN4/c1-2-3-4-15-5-6-18-17(22-15)7-8-19(23-18)25-12-9-16(13-25)24-20(14-21)10-11-20/h2-8,16,24H,1,9-14H2/b4-3+. The number of fused-ring (bicyclic) bond motifs is 1. The number of hydrogen-bond donors (Lipinski definition) is 1. The zero-order valence-corrected chi connectivity index (χ0v) is 14.3. The van der Waals surface area contributed by atoms with Gasteiger partial charge in [-0.3, -0.25) is 0 Å². The third kappa shape index (κ3) is 3.42. The fraction of sp³-hybridized carbons (Fsp3) is 0.400. The quantitative estimate of drug-likeness (QED) is 0.819. The summed E-state index contributed by atoms with van der Waals surface area (Å²) in [5, 5.41) is 3.51. The maximum absolute atomic E-state index is 13.1. The zero-order chi connectivity index (χ0) is 17.3. The lowest BCUT2D eigenvalue weighted by Gasteiger charge is -2.21. The van der Waals surface area contributed by atoms with Crippen molar-refractivity contribution in [3.63, 3.8) is 0 Å². The lowest BCUT2D eigenvalue weighted by atomic mass is 10.2. The van der Waals surface area contributed by atoms with E-state index in [2.05, 4.69) is 21.8 Å². The number of anilines is 1. The molecule has 1 unspecified atom stereocenters. The van der Waals surface area contributed by atoms with Crippen LogP contribution in [0.5, 0.6) is 0 Å². The van der Waals surface area contributed by atoms with Gasteiger partial charge >= 0.3 is 0 Å². The first-order valence-corrected chi connectivity index (χ1v) is 8.87. The minimum absolute atomic E-state index is 0.225. The first-order valence-electron chi connectivity index (χ1n) is 8.87. The van der Waals surface area contributed by atoms with Gasteiger partial charge in [-0.25, -0.2) is 14.4 Å². The van der Waals surface area contributed by atoms with Crippen molar-refractivity contribution in [3.8, 4) is 0 Å². The van der Waals surface area contributed by atoms with Gasteiger partial charge in [-0.1, -0.05) is 18.7 Å². The van der Waals surface area contributed by atoms with Gasteiger partial charge in [0.05, 0.1) is 16.7 Å². The molecule has 0 amide bonds. The highest BCUT2D eigenvalue weighted by molar-refractivity contribution is 5.77. The Kier molecular flexibility index (Phi) is 4.25. The molecule has 4 rings (SSSR count). The molecular weight excluding hydrogens is 315 g/mol. The lowest BCUT2D eigenvalue weighted by molar-refractivity contribution is 0.332. The smallest absolute Gasteiger partial charge is 0.129 e. The second kappa shape index (κ2) is 6.56. The highest BCUT2D eigenvalue weighted by Crippen LogP contribution is 2.37. The third-order valence-electron chi connectivity index (χ3n) is 5.08. The first-order chi connectivity index (χ1) is 12.2. The van der Waals surface area contributed by atoms with E-state index < -0.39 is 0 Å². The molecule has 0 spiro atoms. The SMILES string of the molecule is C=C/C=C/c1ccc2nc(N3CCC(NC4(CF)CC4)C3)ccc2n1. The minimum Gasteiger partial charge on any atom is -0.355 e. The van der Waals surface area contributed by atoms with E-state index in [0.29, 0.717) is 6.04 Å². The highest BCUT2D eigenvalue weighted by atomic mass is 19.1. The van der Waals surface area contributed by atoms with Crippen LogP contribution in [0, 0.1) is 0 Å². The lowest BCUT2D eigenvalue weighted by Crippen LogP contribution is -2.43. The average molecular weight is 338 g/mol. The van der Waals surface area contributed by atoms with Crippen molar-refractivity contribution in [1.82, 2.24) is 15.3 Å². The number of aromatic nitrogens is 2. The molecule has 0 bridgehead atoms. The molecule has 4 nitrogen and oxygen atoms in total. The van der Waals surface area contributed by atoms with Crippen LogP contribution >= 0.6 is 0 Å². The first kappa shape index (κ1) is 16.2. The fourth-order valence-corrected chi connectivity index (χ4v) is 3.44. The van der Waals surface area contributed by atoms with Gasteiger partial charge in [-0.05, 0) is 49.6 Å². The van der Waals surface area contributed by atoms with E-state index in [-0.39, 0.29) is 12.2 Å². The summed E-state index contributed by atoms with van der Waals surface area (Å²) in [6, 6.07) is 8.36. The van der Waals surface area contributed by atoms with Gasteiger partial charge in [0.2, 0.25) is 0 Å². The molecule has 2 fully saturated rings. The van der Waals surface area contributed by atoms with Crippen molar-refractivity contribution in [2.24, 2.45) is 0 Å². The zero-order valence-electron chi connectivity index (χ0n) is 14.3. The monoisotopic (exact) mass is 338 g/mol. The molecule has 3 heterocycles. The molecule has 1 atom stereocenters. The largest absolute Gasteiger partial charge is 0.355 e. The molecule has 0 aromatic carbocycles. The van der Waals surface area contributed by atoms with E-state index >= 15 is 0 Å². The van der Waals surface area contributed by atoms with E-state index in [1.807, 2.05) is 36.4 Å². The number of halogens is 1. The van der Waals surface area contributed by atoms with Gasteiger partial charge in [0.25, 0.3) is 0 Å². The Labute approximate surface area is 147 Å². The number of hydrogen-bond acceptors (Lipinski definition) is 4. The van der Waals surface area contributed by atoms with E-state index in [1.54, 1.807) is 6.08 Å². The van der Waals surface area contributed by atoms with Crippen LogP contribution in [-0.4, -0.2) is 41.3 Å². The normalized spacial score (nSPS) is 22.0. The maximum atomic E-state index is 13.1. The Balaban J connectivity index is 1.48. The second-order valence-corrected chi connectivity index (χ2v) is 7.03. The molecule has 2 aromatic rings. The van der Waals surface area contributed by atoms with Crippen molar-refractivity contribution in [2.75, 3.05) is 24.7 Å². The molecule has 1 aliphatic carbocycles. The molecule has 1 aliphatic heterocycles. The Morgan fingerprint density at radius 3 is 2.80 bits per heavy atom. The summed E-state index contributed by atoms with van der Waals surface area (Å²) in [6.45, 7) is 5.25. The number of nitrogens with one attached hydrogen (secondary N) is 1. The van der Waals surface area contributed by atoms with Crippen molar-refractivity contribution in [3.05, 3.63) is 48.7 Å². The van der Waals surface area contributed by atoms with Crippen LogP contribution in [-0.2, 0) is 0 Å². The summed E-state index contributed by atoms with van der Waals surface area (Å²) in [5.74, 6) is 0.970. The van der Waals surface area contributed by atoms with Gasteiger partial charge < -0.3 is 10.2 Å². The molecule has 1 saturated heterocycles. The maximum Gasteiger partial charge on any atom is 0.129 e. The van der Waals surface area contributed by atoms with Crippen LogP contribution in [0.4, 0.5) is 10.2 Å². The van der Waals surface area contributed by atoms with Crippen LogP contribution in [0.3, 0.4) is 0 Å². The summed E-state index contributed by atoms with van der Waals surface area (Å²) in [7, 11) is 0. The molecule has 1 saturated carbocycles. The number of nitrogens with zero attached hydrogens (tertiary/aromatic N) is 3. The van der Waals surface area contributed by atoms with Gasteiger partial charge in [-0.2, -0.15) is 0 Å². The number of alkyl halides is 1. The topological polar surface area (TPSA) is 41.1 Å². The van der Waals surface area contributed by atoms with Crippen molar-refractivity contribution < 1.29 is 4.39 Å². The summed E-state index contributed by atoms with van der Waals surface area (Å²) in [5.41, 5.74) is 2.45. The molecule has 0 radical (unpaired) electrons. The van der Waals surface area contributed by atoms with E-state index in [9.17, 15) is 4.39 Å². The van der Waals surface area contributed by atoms with Crippen LogP contribution < -0.4 is 10.2 Å². The Morgan fingerprint density at radius 2 is 2.04 bits per heavy atom. The number of allylic oxidation sites excluding steroid dienone is 2. The summed E-state index contributed by atoms with van der Waals surface area (Å²) >= 11 is 0. The van der Waals surface area contributed by atoms with Gasteiger partial charge in [0.15, 0.2) is 0 Å². The molecule has 25 heavy (non-hydrogen) atoms. The average Bonchev–Trinajstić information content (AvgIpc) is 3.27. The minimum atomic E-state index is -0.258. The number of pyridine rings is 2. The predicted molar refractivity (Wildman–Crippen MR) is 100 cm³/mol. The number of rotatable bonds is 6. The van der Waals surface area contributed by atoms with Gasteiger partial charge in [0, 0.05) is 24.7 Å². The van der Waals surface area contributed by atoms with Gasteiger partial charge in [0.1, 0.15) is 12.5 Å². The predicted octanol–water partition coefficient (Wildman–Crippen LogP) is 3.50. The molecular formula is C20H23FN4. The second-order valence-electron chi connectivity index (χ2n) is 7.03. The van der Waals surface area contributed by atoms with Crippen LogP contribution in [0.25, 0.3) is 17.1 Å². The van der Waals surface area contributed by atoms with Gasteiger partial charge in [-0.15, -0.1) is 0 Å². The van der Waals surface area contributed by atoms with E-state index in [1.165, 1.54) is 0 Å². The fourth-order valence-electron chi connectivity index (χ4n) is 3.44. The van der Waals surface area contributed by atoms with E-state index in [4.69, 9.17) is 4.98 Å². The van der Waals surface area contributed by atoms with Crippen molar-refractivity contribution in [2.45, 2.75) is 30.8 Å². The van der Waals surface area contributed by atoms with Crippen LogP contribution in [0.2, 0.25) is 0 Å². The molecule has 2 aliphatic rings. The molecule has 5 heteroatoms. The van der Waals surface area contributed by atoms with Crippen molar-refractivity contribution >= 4 is 22.9 Å². The Bertz CT molecular complexity index is 812. The summed E-state index contributed by atoms with van der Waals surface area (Å²) in [6.07, 6.45) is 8.49. The highest BCUT2D eigenvalue weighted by Gasteiger charge is 2.45. The summed E-state index contributed by atoms with van der Waals surface area (Å²) in [4.78, 5) is 11.6. The van der Waals surface area contributed by atoms with Crippen molar-refractivity contribution in [1.29, 1.82) is 0 Å². The Morgan fingerprint density at radius 1 is 1.24 bits per heavy atom. The van der Waals surface area contributed by atoms with Crippen LogP contribution in [0.1, 0.15) is 25.0 Å². The van der Waals surface area contributed by atoms with Crippen LogP contribution in [0.15, 0.2) is 43.0 Å². The molecule has 1 N–H and O–H groups in total. The molecule has 2 aromatic heterocycles.